The molecule has 2 aliphatic rings. The molecule has 0 spiro atoms. The quantitative estimate of drug-likeness (QED) is 0.822. The topological polar surface area (TPSA) is 77.8 Å². The number of aliphatic hydroxyl groups is 1. The van der Waals surface area contributed by atoms with Crippen molar-refractivity contribution in [2.45, 2.75) is 57.5 Å². The SMILES string of the molecule is CC(CC(=O)O)CC(=O)N1CCC2(O)CCCCC2C1. The summed E-state index contributed by atoms with van der Waals surface area (Å²) in [6, 6.07) is 0. The fourth-order valence-corrected chi connectivity index (χ4v) is 3.59. The van der Waals surface area contributed by atoms with Gasteiger partial charge in [0.15, 0.2) is 0 Å². The lowest BCUT2D eigenvalue weighted by atomic mass is 9.71. The zero-order chi connectivity index (χ0) is 14.8. The van der Waals surface area contributed by atoms with Gasteiger partial charge in [0.2, 0.25) is 5.91 Å². The third kappa shape index (κ3) is 3.51. The fraction of sp³-hybridized carbons (Fsp3) is 0.867. The molecule has 0 aromatic rings. The third-order valence-corrected chi connectivity index (χ3v) is 4.83. The highest BCUT2D eigenvalue weighted by atomic mass is 16.4. The normalized spacial score (nSPS) is 31.5. The van der Waals surface area contributed by atoms with E-state index in [1.54, 1.807) is 6.92 Å². The number of rotatable bonds is 4. The molecule has 1 aliphatic heterocycles. The molecule has 3 unspecified atom stereocenters. The van der Waals surface area contributed by atoms with Crippen LogP contribution in [0.2, 0.25) is 0 Å². The Bertz CT molecular complexity index is 384. The predicted octanol–water partition coefficient (Wildman–Crippen LogP) is 1.64. The van der Waals surface area contributed by atoms with Crippen molar-refractivity contribution < 1.29 is 19.8 Å². The first kappa shape index (κ1) is 15.3. The smallest absolute Gasteiger partial charge is 0.303 e. The first-order valence-corrected chi connectivity index (χ1v) is 7.62. The molecule has 0 bridgehead atoms. The highest BCUT2D eigenvalue weighted by molar-refractivity contribution is 5.77. The van der Waals surface area contributed by atoms with Crippen LogP contribution in [-0.4, -0.2) is 45.7 Å². The van der Waals surface area contributed by atoms with Gasteiger partial charge in [-0.05, 0) is 25.2 Å². The average molecular weight is 283 g/mol. The third-order valence-electron chi connectivity index (χ3n) is 4.83. The number of fused-ring (bicyclic) bond motifs is 1. The zero-order valence-corrected chi connectivity index (χ0v) is 12.2. The van der Waals surface area contributed by atoms with Crippen LogP contribution in [0.4, 0.5) is 0 Å². The van der Waals surface area contributed by atoms with Gasteiger partial charge in [-0.3, -0.25) is 9.59 Å². The molecule has 0 radical (unpaired) electrons. The van der Waals surface area contributed by atoms with Crippen LogP contribution in [0.15, 0.2) is 0 Å². The van der Waals surface area contributed by atoms with Crippen molar-refractivity contribution in [3.8, 4) is 0 Å². The first-order chi connectivity index (χ1) is 9.40. The van der Waals surface area contributed by atoms with Gasteiger partial charge in [-0.25, -0.2) is 0 Å². The van der Waals surface area contributed by atoms with Gasteiger partial charge >= 0.3 is 5.97 Å². The maximum atomic E-state index is 12.2. The maximum absolute atomic E-state index is 12.2. The van der Waals surface area contributed by atoms with Crippen LogP contribution < -0.4 is 0 Å². The highest BCUT2D eigenvalue weighted by Crippen LogP contribution is 2.39. The number of carbonyl (C=O) groups excluding carboxylic acids is 1. The number of nitrogens with zero attached hydrogens (tertiary/aromatic N) is 1. The highest BCUT2D eigenvalue weighted by Gasteiger charge is 2.43. The summed E-state index contributed by atoms with van der Waals surface area (Å²) >= 11 is 0. The number of amides is 1. The predicted molar refractivity (Wildman–Crippen MR) is 74.1 cm³/mol. The number of carboxylic acids is 1. The largest absolute Gasteiger partial charge is 0.481 e. The minimum Gasteiger partial charge on any atom is -0.481 e. The molecule has 114 valence electrons. The van der Waals surface area contributed by atoms with Crippen LogP contribution in [-0.2, 0) is 9.59 Å². The lowest BCUT2D eigenvalue weighted by molar-refractivity contribution is -0.144. The summed E-state index contributed by atoms with van der Waals surface area (Å²) in [6.07, 6.45) is 5.04. The van der Waals surface area contributed by atoms with Crippen molar-refractivity contribution in [1.82, 2.24) is 4.90 Å². The van der Waals surface area contributed by atoms with Gasteiger partial charge in [0.1, 0.15) is 0 Å². The summed E-state index contributed by atoms with van der Waals surface area (Å²) in [5, 5.41) is 19.3. The molecule has 2 fully saturated rings. The van der Waals surface area contributed by atoms with E-state index in [1.807, 2.05) is 4.90 Å². The van der Waals surface area contributed by atoms with E-state index in [2.05, 4.69) is 0 Å². The molecule has 2 N–H and O–H groups in total. The molecular formula is C15H25NO4. The Kier molecular flexibility index (Phi) is 4.68. The molecule has 1 aliphatic carbocycles. The summed E-state index contributed by atoms with van der Waals surface area (Å²) in [4.78, 5) is 24.7. The van der Waals surface area contributed by atoms with Crippen molar-refractivity contribution in [2.24, 2.45) is 11.8 Å². The van der Waals surface area contributed by atoms with Gasteiger partial charge < -0.3 is 15.1 Å². The summed E-state index contributed by atoms with van der Waals surface area (Å²) in [5.74, 6) is -0.757. The fourth-order valence-electron chi connectivity index (χ4n) is 3.59. The summed E-state index contributed by atoms with van der Waals surface area (Å²) in [6.45, 7) is 3.04. The Balaban J connectivity index is 1.88. The monoisotopic (exact) mass is 283 g/mol. The number of likely N-dealkylation sites (tertiary alicyclic amines) is 1. The van der Waals surface area contributed by atoms with Crippen molar-refractivity contribution in [3.05, 3.63) is 0 Å². The lowest BCUT2D eigenvalue weighted by Crippen LogP contribution is -2.54. The first-order valence-electron chi connectivity index (χ1n) is 7.62. The van der Waals surface area contributed by atoms with Gasteiger partial charge in [0.05, 0.1) is 5.60 Å². The van der Waals surface area contributed by atoms with Gasteiger partial charge in [-0.15, -0.1) is 0 Å². The molecule has 5 heteroatoms. The Morgan fingerprint density at radius 3 is 2.75 bits per heavy atom. The molecule has 1 saturated carbocycles. The summed E-state index contributed by atoms with van der Waals surface area (Å²) in [7, 11) is 0. The Morgan fingerprint density at radius 1 is 1.30 bits per heavy atom. The van der Waals surface area contributed by atoms with Crippen LogP contribution in [0, 0.1) is 11.8 Å². The van der Waals surface area contributed by atoms with Gasteiger partial charge in [0.25, 0.3) is 0 Å². The summed E-state index contributed by atoms with van der Waals surface area (Å²) in [5.41, 5.74) is -0.568. The lowest BCUT2D eigenvalue weighted by Gasteiger charge is -2.47. The van der Waals surface area contributed by atoms with E-state index in [1.165, 1.54) is 0 Å². The minimum atomic E-state index is -0.856. The van der Waals surface area contributed by atoms with Crippen molar-refractivity contribution in [3.63, 3.8) is 0 Å². The summed E-state index contributed by atoms with van der Waals surface area (Å²) < 4.78 is 0. The van der Waals surface area contributed by atoms with E-state index in [0.717, 1.165) is 25.7 Å². The van der Waals surface area contributed by atoms with Crippen LogP contribution >= 0.6 is 0 Å². The maximum Gasteiger partial charge on any atom is 0.303 e. The van der Waals surface area contributed by atoms with Crippen LogP contribution in [0.25, 0.3) is 0 Å². The molecule has 1 heterocycles. The molecule has 1 saturated heterocycles. The average Bonchev–Trinajstić information content (AvgIpc) is 2.36. The van der Waals surface area contributed by atoms with E-state index in [0.29, 0.717) is 19.5 Å². The second-order valence-electron chi connectivity index (χ2n) is 6.54. The van der Waals surface area contributed by atoms with E-state index in [4.69, 9.17) is 5.11 Å². The Labute approximate surface area is 120 Å². The number of aliphatic carboxylic acids is 1. The molecule has 5 nitrogen and oxygen atoms in total. The molecule has 2 rings (SSSR count). The Morgan fingerprint density at radius 2 is 2.05 bits per heavy atom. The van der Waals surface area contributed by atoms with Gasteiger partial charge in [0, 0.05) is 31.8 Å². The molecule has 0 aromatic carbocycles. The van der Waals surface area contributed by atoms with Gasteiger partial charge in [-0.2, -0.15) is 0 Å². The van der Waals surface area contributed by atoms with Crippen LogP contribution in [0.3, 0.4) is 0 Å². The van der Waals surface area contributed by atoms with E-state index in [-0.39, 0.29) is 30.6 Å². The molecule has 0 aromatic heterocycles. The minimum absolute atomic E-state index is 0.0337. The van der Waals surface area contributed by atoms with Crippen LogP contribution in [0.1, 0.15) is 51.9 Å². The van der Waals surface area contributed by atoms with Crippen LogP contribution in [0.5, 0.6) is 0 Å². The van der Waals surface area contributed by atoms with Crippen molar-refractivity contribution in [2.75, 3.05) is 13.1 Å². The second-order valence-corrected chi connectivity index (χ2v) is 6.54. The van der Waals surface area contributed by atoms with Gasteiger partial charge in [-0.1, -0.05) is 19.8 Å². The van der Waals surface area contributed by atoms with Crippen molar-refractivity contribution in [1.29, 1.82) is 0 Å². The number of carbonyl (C=O) groups is 2. The number of piperidine rings is 1. The zero-order valence-electron chi connectivity index (χ0n) is 12.2. The number of hydrogen-bond donors (Lipinski definition) is 2. The molecular weight excluding hydrogens is 258 g/mol. The Hall–Kier alpha value is -1.10. The second kappa shape index (κ2) is 6.12. The standard InChI is InChI=1S/C15H25NO4/c1-11(9-14(18)19)8-13(17)16-7-6-15(20)5-3-2-4-12(15)10-16/h11-12,20H,2-10H2,1H3,(H,18,19). The molecule has 3 atom stereocenters. The van der Waals surface area contributed by atoms with E-state index in [9.17, 15) is 14.7 Å². The molecule has 1 amide bonds. The number of carboxylic acid groups (broad SMARTS) is 1. The van der Waals surface area contributed by atoms with E-state index < -0.39 is 11.6 Å². The number of hydrogen-bond acceptors (Lipinski definition) is 3. The van der Waals surface area contributed by atoms with E-state index >= 15 is 0 Å². The van der Waals surface area contributed by atoms with Crippen molar-refractivity contribution >= 4 is 11.9 Å². The molecule has 20 heavy (non-hydrogen) atoms.